The number of rotatable bonds is 3. The Morgan fingerprint density at radius 3 is 2.71 bits per heavy atom. The molecule has 0 atom stereocenters. The summed E-state index contributed by atoms with van der Waals surface area (Å²) < 4.78 is 38.2. The van der Waals surface area contributed by atoms with Gasteiger partial charge in [0, 0.05) is 11.9 Å². The SMILES string of the molecule is CNCc1sc(-c2cscn2)nc1C(F)(F)F. The molecule has 0 fully saturated rings. The van der Waals surface area contributed by atoms with Crippen molar-refractivity contribution in [2.45, 2.75) is 12.7 Å². The fourth-order valence-corrected chi connectivity index (χ4v) is 2.95. The molecule has 92 valence electrons. The van der Waals surface area contributed by atoms with Crippen molar-refractivity contribution in [3.63, 3.8) is 0 Å². The molecule has 17 heavy (non-hydrogen) atoms. The van der Waals surface area contributed by atoms with E-state index in [0.717, 1.165) is 11.3 Å². The Labute approximate surface area is 103 Å². The van der Waals surface area contributed by atoms with E-state index in [1.54, 1.807) is 17.9 Å². The Balaban J connectivity index is 2.45. The molecule has 2 aromatic rings. The molecule has 0 unspecified atom stereocenters. The van der Waals surface area contributed by atoms with Crippen LogP contribution >= 0.6 is 22.7 Å². The lowest BCUT2D eigenvalue weighted by atomic mass is 10.3. The van der Waals surface area contributed by atoms with Gasteiger partial charge in [0.15, 0.2) is 5.69 Å². The van der Waals surface area contributed by atoms with E-state index in [0.29, 0.717) is 10.7 Å². The number of aromatic nitrogens is 2. The van der Waals surface area contributed by atoms with Crippen LogP contribution in [-0.2, 0) is 12.7 Å². The predicted molar refractivity (Wildman–Crippen MR) is 61.0 cm³/mol. The molecule has 0 saturated heterocycles. The second-order valence-electron chi connectivity index (χ2n) is 3.19. The Morgan fingerprint density at radius 1 is 1.41 bits per heavy atom. The number of alkyl halides is 3. The van der Waals surface area contributed by atoms with Crippen LogP contribution in [0.15, 0.2) is 10.9 Å². The average molecular weight is 279 g/mol. The van der Waals surface area contributed by atoms with Gasteiger partial charge >= 0.3 is 6.18 Å². The fraction of sp³-hybridized carbons (Fsp3) is 0.333. The standard InChI is InChI=1S/C9H8F3N3S2/c1-13-2-6-7(9(10,11)12)15-8(17-6)5-3-16-4-14-5/h3-4,13H,2H2,1H3. The van der Waals surface area contributed by atoms with Crippen molar-refractivity contribution in [1.29, 1.82) is 0 Å². The maximum Gasteiger partial charge on any atom is 0.434 e. The van der Waals surface area contributed by atoms with Crippen molar-refractivity contribution in [2.75, 3.05) is 7.05 Å². The van der Waals surface area contributed by atoms with Crippen LogP contribution in [0.25, 0.3) is 10.7 Å². The normalized spacial score (nSPS) is 12.0. The average Bonchev–Trinajstić information content (AvgIpc) is 2.82. The van der Waals surface area contributed by atoms with Gasteiger partial charge in [-0.3, -0.25) is 0 Å². The lowest BCUT2D eigenvalue weighted by molar-refractivity contribution is -0.141. The molecule has 3 nitrogen and oxygen atoms in total. The van der Waals surface area contributed by atoms with Crippen LogP contribution in [0.2, 0.25) is 0 Å². The minimum Gasteiger partial charge on any atom is -0.315 e. The quantitative estimate of drug-likeness (QED) is 0.938. The third kappa shape index (κ3) is 2.64. The number of thiazole rings is 2. The minimum absolute atomic E-state index is 0.149. The van der Waals surface area contributed by atoms with Gasteiger partial charge < -0.3 is 5.32 Å². The molecule has 2 rings (SSSR count). The van der Waals surface area contributed by atoms with E-state index in [9.17, 15) is 13.2 Å². The van der Waals surface area contributed by atoms with Gasteiger partial charge in [-0.1, -0.05) is 0 Å². The number of nitrogens with zero attached hydrogens (tertiary/aromatic N) is 2. The van der Waals surface area contributed by atoms with Gasteiger partial charge in [-0.15, -0.1) is 22.7 Å². The van der Waals surface area contributed by atoms with E-state index in [4.69, 9.17) is 0 Å². The van der Waals surface area contributed by atoms with Crippen LogP contribution in [-0.4, -0.2) is 17.0 Å². The van der Waals surface area contributed by atoms with Gasteiger partial charge in [-0.2, -0.15) is 13.2 Å². The molecule has 0 aliphatic heterocycles. The van der Waals surface area contributed by atoms with Crippen LogP contribution in [0.4, 0.5) is 13.2 Å². The van der Waals surface area contributed by atoms with Gasteiger partial charge in [-0.05, 0) is 7.05 Å². The maximum atomic E-state index is 12.7. The Kier molecular flexibility index (Phi) is 3.45. The van der Waals surface area contributed by atoms with Crippen molar-refractivity contribution in [3.05, 3.63) is 21.5 Å². The van der Waals surface area contributed by atoms with E-state index in [1.165, 1.54) is 11.3 Å². The van der Waals surface area contributed by atoms with Crippen LogP contribution in [0.1, 0.15) is 10.6 Å². The second-order valence-corrected chi connectivity index (χ2v) is 4.99. The zero-order valence-corrected chi connectivity index (χ0v) is 10.3. The molecule has 0 amide bonds. The topological polar surface area (TPSA) is 37.8 Å². The Hall–Kier alpha value is -0.990. The first-order chi connectivity index (χ1) is 8.02. The number of hydrogen-bond donors (Lipinski definition) is 1. The molecular weight excluding hydrogens is 271 g/mol. The smallest absolute Gasteiger partial charge is 0.315 e. The first-order valence-corrected chi connectivity index (χ1v) is 6.38. The highest BCUT2D eigenvalue weighted by Crippen LogP contribution is 2.37. The van der Waals surface area contributed by atoms with Crippen molar-refractivity contribution in [1.82, 2.24) is 15.3 Å². The molecule has 0 aliphatic carbocycles. The molecule has 2 heterocycles. The highest BCUT2D eigenvalue weighted by atomic mass is 32.1. The fourth-order valence-electron chi connectivity index (χ4n) is 1.28. The molecule has 0 spiro atoms. The molecule has 0 aliphatic rings. The van der Waals surface area contributed by atoms with Crippen LogP contribution in [0.3, 0.4) is 0 Å². The van der Waals surface area contributed by atoms with Crippen LogP contribution in [0, 0.1) is 0 Å². The summed E-state index contributed by atoms with van der Waals surface area (Å²) in [6.07, 6.45) is -4.42. The zero-order valence-electron chi connectivity index (χ0n) is 8.71. The zero-order chi connectivity index (χ0) is 12.5. The minimum atomic E-state index is -4.42. The molecule has 8 heteroatoms. The summed E-state index contributed by atoms with van der Waals surface area (Å²) in [7, 11) is 1.60. The maximum absolute atomic E-state index is 12.7. The highest BCUT2D eigenvalue weighted by molar-refractivity contribution is 7.15. The second kappa shape index (κ2) is 4.71. The molecule has 0 aromatic carbocycles. The number of halogens is 3. The first-order valence-electron chi connectivity index (χ1n) is 4.62. The van der Waals surface area contributed by atoms with Crippen molar-refractivity contribution < 1.29 is 13.2 Å². The van der Waals surface area contributed by atoms with Gasteiger partial charge in [0.25, 0.3) is 0 Å². The third-order valence-electron chi connectivity index (χ3n) is 1.95. The lowest BCUT2D eigenvalue weighted by Crippen LogP contribution is -2.12. The van der Waals surface area contributed by atoms with Crippen molar-refractivity contribution in [2.24, 2.45) is 0 Å². The summed E-state index contributed by atoms with van der Waals surface area (Å²) in [6.45, 7) is 0.149. The number of hydrogen-bond acceptors (Lipinski definition) is 5. The van der Waals surface area contributed by atoms with Crippen LogP contribution < -0.4 is 5.32 Å². The summed E-state index contributed by atoms with van der Waals surface area (Å²) in [5, 5.41) is 4.70. The monoisotopic (exact) mass is 279 g/mol. The van der Waals surface area contributed by atoms with E-state index >= 15 is 0 Å². The molecule has 0 saturated carbocycles. The van der Waals surface area contributed by atoms with E-state index in [-0.39, 0.29) is 11.4 Å². The first kappa shape index (κ1) is 12.5. The lowest BCUT2D eigenvalue weighted by Gasteiger charge is -2.04. The largest absolute Gasteiger partial charge is 0.434 e. The molecule has 1 N–H and O–H groups in total. The summed E-state index contributed by atoms with van der Waals surface area (Å²) in [4.78, 5) is 7.79. The Morgan fingerprint density at radius 2 is 2.18 bits per heavy atom. The molecule has 0 radical (unpaired) electrons. The number of nitrogens with one attached hydrogen (secondary N) is 1. The van der Waals surface area contributed by atoms with Crippen molar-refractivity contribution in [3.8, 4) is 10.7 Å². The highest BCUT2D eigenvalue weighted by Gasteiger charge is 2.37. The molecular formula is C9H8F3N3S2. The summed E-state index contributed by atoms with van der Waals surface area (Å²) in [5.41, 5.74) is 1.24. The van der Waals surface area contributed by atoms with Gasteiger partial charge in [0.1, 0.15) is 10.7 Å². The van der Waals surface area contributed by atoms with Crippen molar-refractivity contribution >= 4 is 22.7 Å². The summed E-state index contributed by atoms with van der Waals surface area (Å²) >= 11 is 2.35. The Bertz CT molecular complexity index is 490. The van der Waals surface area contributed by atoms with E-state index in [2.05, 4.69) is 15.3 Å². The summed E-state index contributed by atoms with van der Waals surface area (Å²) in [6, 6.07) is 0. The summed E-state index contributed by atoms with van der Waals surface area (Å²) in [5.74, 6) is 0. The van der Waals surface area contributed by atoms with Gasteiger partial charge in [0.2, 0.25) is 0 Å². The van der Waals surface area contributed by atoms with E-state index in [1.807, 2.05) is 0 Å². The third-order valence-corrected chi connectivity index (χ3v) is 3.62. The molecule has 0 bridgehead atoms. The predicted octanol–water partition coefficient (Wildman–Crippen LogP) is 3.00. The van der Waals surface area contributed by atoms with Gasteiger partial charge in [0.05, 0.1) is 10.4 Å². The molecule has 2 aromatic heterocycles. The van der Waals surface area contributed by atoms with E-state index < -0.39 is 11.9 Å². The van der Waals surface area contributed by atoms with Crippen LogP contribution in [0.5, 0.6) is 0 Å². The van der Waals surface area contributed by atoms with Gasteiger partial charge in [-0.25, -0.2) is 9.97 Å².